The van der Waals surface area contributed by atoms with Crippen molar-refractivity contribution in [3.63, 3.8) is 0 Å². The van der Waals surface area contributed by atoms with Gasteiger partial charge in [0.2, 0.25) is 0 Å². The molecule has 0 aromatic heterocycles. The van der Waals surface area contributed by atoms with Gasteiger partial charge < -0.3 is 18.9 Å². The summed E-state index contributed by atoms with van der Waals surface area (Å²) in [7, 11) is 2.85. The number of ether oxygens (including phenoxy) is 4. The first-order valence-electron chi connectivity index (χ1n) is 10.4. The molecule has 0 spiro atoms. The highest BCUT2D eigenvalue weighted by atomic mass is 16.6. The molecule has 0 aromatic rings. The van der Waals surface area contributed by atoms with Gasteiger partial charge in [-0.25, -0.2) is 0 Å². The van der Waals surface area contributed by atoms with Gasteiger partial charge in [0.15, 0.2) is 0 Å². The highest BCUT2D eigenvalue weighted by Gasteiger charge is 2.64. The highest BCUT2D eigenvalue weighted by molar-refractivity contribution is 5.77. The molecule has 2 heterocycles. The van der Waals surface area contributed by atoms with Crippen LogP contribution in [0.4, 0.5) is 0 Å². The van der Waals surface area contributed by atoms with Crippen LogP contribution in [-0.2, 0) is 28.5 Å². The van der Waals surface area contributed by atoms with Crippen molar-refractivity contribution < 1.29 is 28.5 Å². The summed E-state index contributed by atoms with van der Waals surface area (Å²) in [6.45, 7) is 11.1. The van der Waals surface area contributed by atoms with Crippen LogP contribution in [0, 0.1) is 22.7 Å². The minimum Gasteiger partial charge on any atom is -0.469 e. The third-order valence-electron chi connectivity index (χ3n) is 8.00. The molecule has 0 bridgehead atoms. The Kier molecular flexibility index (Phi) is 5.37. The van der Waals surface area contributed by atoms with E-state index in [4.69, 9.17) is 18.9 Å². The molecule has 3 rings (SSSR count). The van der Waals surface area contributed by atoms with Crippen LogP contribution < -0.4 is 0 Å². The number of methoxy groups -OCH3 is 2. The van der Waals surface area contributed by atoms with E-state index in [0.717, 1.165) is 32.3 Å². The summed E-state index contributed by atoms with van der Waals surface area (Å²) in [6, 6.07) is 0. The maximum Gasteiger partial charge on any atom is 0.311 e. The lowest BCUT2D eigenvalue weighted by Gasteiger charge is -2.62. The summed E-state index contributed by atoms with van der Waals surface area (Å²) in [6.07, 6.45) is 3.91. The fourth-order valence-corrected chi connectivity index (χ4v) is 6.49. The number of carbonyl (C=O) groups excluding carboxylic acids is 2. The second-order valence-corrected chi connectivity index (χ2v) is 10.2. The fraction of sp³-hybridized carbons (Fsp3) is 0.909. The molecular weight excluding hydrogens is 360 g/mol. The molecular formula is C22H36O6. The summed E-state index contributed by atoms with van der Waals surface area (Å²) >= 11 is 0. The van der Waals surface area contributed by atoms with Gasteiger partial charge in [-0.15, -0.1) is 0 Å². The van der Waals surface area contributed by atoms with E-state index >= 15 is 0 Å². The molecule has 0 aromatic carbocycles. The molecule has 0 amide bonds. The van der Waals surface area contributed by atoms with Crippen molar-refractivity contribution in [2.24, 2.45) is 22.7 Å². The Morgan fingerprint density at radius 3 is 2.18 bits per heavy atom. The molecule has 1 saturated carbocycles. The van der Waals surface area contributed by atoms with Gasteiger partial charge in [-0.2, -0.15) is 0 Å². The fourth-order valence-electron chi connectivity index (χ4n) is 6.49. The van der Waals surface area contributed by atoms with Crippen LogP contribution in [0.25, 0.3) is 0 Å². The number of esters is 2. The average molecular weight is 397 g/mol. The van der Waals surface area contributed by atoms with Crippen LogP contribution in [-0.4, -0.2) is 50.1 Å². The van der Waals surface area contributed by atoms with Crippen molar-refractivity contribution in [1.82, 2.24) is 0 Å². The van der Waals surface area contributed by atoms with Gasteiger partial charge in [-0.3, -0.25) is 9.59 Å². The maximum absolute atomic E-state index is 12.6. The lowest BCUT2D eigenvalue weighted by atomic mass is 9.47. The van der Waals surface area contributed by atoms with Crippen molar-refractivity contribution in [1.29, 1.82) is 0 Å². The van der Waals surface area contributed by atoms with Crippen LogP contribution in [0.5, 0.6) is 0 Å². The molecule has 28 heavy (non-hydrogen) atoms. The number of hydrogen-bond donors (Lipinski definition) is 0. The van der Waals surface area contributed by atoms with Gasteiger partial charge >= 0.3 is 11.9 Å². The van der Waals surface area contributed by atoms with Crippen molar-refractivity contribution in [2.45, 2.75) is 84.0 Å². The van der Waals surface area contributed by atoms with E-state index < -0.39 is 10.8 Å². The minimum absolute atomic E-state index is 0.00486. The smallest absolute Gasteiger partial charge is 0.311 e. The Bertz CT molecular complexity index is 641. The molecule has 0 N–H and O–H groups in total. The lowest BCUT2D eigenvalue weighted by molar-refractivity contribution is -0.264. The zero-order valence-corrected chi connectivity index (χ0v) is 18.4. The minimum atomic E-state index is -0.695. The Morgan fingerprint density at radius 2 is 1.64 bits per heavy atom. The van der Waals surface area contributed by atoms with Crippen LogP contribution in [0.1, 0.15) is 66.7 Å². The Balaban J connectivity index is 1.98. The predicted octanol–water partition coefficient (Wildman–Crippen LogP) is 3.51. The second kappa shape index (κ2) is 6.98. The average Bonchev–Trinajstić information content (AvgIpc) is 3.45. The van der Waals surface area contributed by atoms with Gasteiger partial charge in [0.25, 0.3) is 0 Å². The molecule has 6 nitrogen and oxygen atoms in total. The van der Waals surface area contributed by atoms with Crippen molar-refractivity contribution in [3.05, 3.63) is 0 Å². The third-order valence-corrected chi connectivity index (χ3v) is 8.00. The van der Waals surface area contributed by atoms with Gasteiger partial charge in [-0.05, 0) is 70.6 Å². The summed E-state index contributed by atoms with van der Waals surface area (Å²) in [5, 5.41) is 0. The Morgan fingerprint density at radius 1 is 1.04 bits per heavy atom. The molecule has 0 unspecified atom stereocenters. The normalized spacial score (nSPS) is 43.0. The third kappa shape index (κ3) is 3.36. The van der Waals surface area contributed by atoms with E-state index in [2.05, 4.69) is 20.8 Å². The molecule has 6 heteroatoms. The lowest BCUT2D eigenvalue weighted by Crippen LogP contribution is -2.63. The molecule has 2 saturated heterocycles. The van der Waals surface area contributed by atoms with E-state index in [0.29, 0.717) is 0 Å². The van der Waals surface area contributed by atoms with Gasteiger partial charge in [-0.1, -0.05) is 6.92 Å². The predicted molar refractivity (Wildman–Crippen MR) is 104 cm³/mol. The molecule has 1 aliphatic carbocycles. The van der Waals surface area contributed by atoms with E-state index in [1.165, 1.54) is 14.2 Å². The summed E-state index contributed by atoms with van der Waals surface area (Å²) in [4.78, 5) is 25.1. The van der Waals surface area contributed by atoms with E-state index in [1.54, 1.807) is 0 Å². The molecule has 3 aliphatic rings. The topological polar surface area (TPSA) is 74.4 Å². The first kappa shape index (κ1) is 21.6. The SMILES string of the molecule is COC(=O)C[C@]1(C)[C@@H](C(C)(C)C(=O)OC)CC[C@]2(C)O[C@@](C)([C@H]3CO3)CC[C@@H]12. The number of epoxide rings is 1. The quantitative estimate of drug-likeness (QED) is 0.523. The van der Waals surface area contributed by atoms with Gasteiger partial charge in [0.05, 0.1) is 43.9 Å². The van der Waals surface area contributed by atoms with Crippen LogP contribution in [0.3, 0.4) is 0 Å². The molecule has 6 atom stereocenters. The molecule has 3 fully saturated rings. The van der Waals surface area contributed by atoms with Crippen LogP contribution in [0.2, 0.25) is 0 Å². The largest absolute Gasteiger partial charge is 0.469 e. The maximum atomic E-state index is 12.6. The zero-order chi connectivity index (χ0) is 21.0. The molecule has 0 radical (unpaired) electrons. The summed E-state index contributed by atoms with van der Waals surface area (Å²) in [5.41, 5.74) is -1.75. The van der Waals surface area contributed by atoms with Crippen LogP contribution in [0.15, 0.2) is 0 Å². The number of rotatable bonds is 5. The van der Waals surface area contributed by atoms with Crippen LogP contribution >= 0.6 is 0 Å². The van der Waals surface area contributed by atoms with Crippen molar-refractivity contribution in [2.75, 3.05) is 20.8 Å². The first-order chi connectivity index (χ1) is 12.9. The zero-order valence-electron chi connectivity index (χ0n) is 18.4. The Hall–Kier alpha value is -1.14. The van der Waals surface area contributed by atoms with E-state index in [1.807, 2.05) is 13.8 Å². The number of hydrogen-bond acceptors (Lipinski definition) is 6. The number of carbonyl (C=O) groups is 2. The standard InChI is InChI=1S/C22H36O6/c1-19(2,18(24)26-7)14-8-10-21(4)15(20(14,3)12-17(23)25-6)9-11-22(5,28-21)16-13-27-16/h14-16H,8-13H2,1-7H3/t14-,15+,16-,20-,21+,22-/m1/s1. The molecule has 160 valence electrons. The second-order valence-electron chi connectivity index (χ2n) is 10.2. The molecule has 2 aliphatic heterocycles. The summed E-state index contributed by atoms with van der Waals surface area (Å²) in [5.74, 6) is -0.329. The number of fused-ring (bicyclic) bond motifs is 1. The van der Waals surface area contributed by atoms with E-state index in [-0.39, 0.29) is 47.5 Å². The first-order valence-corrected chi connectivity index (χ1v) is 10.4. The van der Waals surface area contributed by atoms with Crippen molar-refractivity contribution in [3.8, 4) is 0 Å². The van der Waals surface area contributed by atoms with E-state index in [9.17, 15) is 9.59 Å². The van der Waals surface area contributed by atoms with Gasteiger partial charge in [0, 0.05) is 0 Å². The van der Waals surface area contributed by atoms with Gasteiger partial charge in [0.1, 0.15) is 6.10 Å². The monoisotopic (exact) mass is 396 g/mol. The van der Waals surface area contributed by atoms with Crippen molar-refractivity contribution >= 4 is 11.9 Å². The Labute approximate surface area is 168 Å². The summed E-state index contributed by atoms with van der Waals surface area (Å²) < 4.78 is 22.5. The highest BCUT2D eigenvalue weighted by Crippen LogP contribution is 2.63.